The molecular weight excluding hydrogens is 475 g/mol. The molecule has 156 valence electrons. The van der Waals surface area contributed by atoms with E-state index in [-0.39, 0.29) is 35.8 Å². The van der Waals surface area contributed by atoms with Crippen LogP contribution in [-0.2, 0) is 11.3 Å². The number of fused-ring (bicyclic) bond motifs is 1. The standard InChI is InChI=1S/C23H30N4O.HI/c1-24-23(25-15-18-9-4-7-16-6-2-3-11-21(16)18)27-20-10-5-8-17(14-20)22(28)26-19-12-13-19;/h2-4,6-7,9,11,17,19-20H,5,8,10,12-15H2,1H3,(H,26,28)(H2,24,25,27);1H. The fourth-order valence-electron chi connectivity index (χ4n) is 4.12. The molecule has 1 amide bonds. The third-order valence-electron chi connectivity index (χ3n) is 5.86. The molecule has 0 bridgehead atoms. The number of benzene rings is 2. The summed E-state index contributed by atoms with van der Waals surface area (Å²) >= 11 is 0. The molecule has 2 aliphatic carbocycles. The molecule has 0 aromatic heterocycles. The fourth-order valence-corrected chi connectivity index (χ4v) is 4.12. The van der Waals surface area contributed by atoms with Crippen molar-refractivity contribution in [1.29, 1.82) is 0 Å². The summed E-state index contributed by atoms with van der Waals surface area (Å²) in [5.74, 6) is 1.18. The first-order valence-corrected chi connectivity index (χ1v) is 10.5. The highest BCUT2D eigenvalue weighted by Crippen LogP contribution is 2.27. The van der Waals surface area contributed by atoms with Gasteiger partial charge in [0, 0.05) is 31.6 Å². The van der Waals surface area contributed by atoms with Crippen molar-refractivity contribution in [2.24, 2.45) is 10.9 Å². The van der Waals surface area contributed by atoms with E-state index in [4.69, 9.17) is 0 Å². The van der Waals surface area contributed by atoms with E-state index in [1.165, 1.54) is 16.3 Å². The van der Waals surface area contributed by atoms with Gasteiger partial charge in [-0.05, 0) is 48.4 Å². The smallest absolute Gasteiger partial charge is 0.223 e. The highest BCUT2D eigenvalue weighted by atomic mass is 127. The van der Waals surface area contributed by atoms with Crippen LogP contribution in [-0.4, -0.2) is 31.0 Å². The van der Waals surface area contributed by atoms with E-state index in [1.807, 2.05) is 0 Å². The molecule has 2 unspecified atom stereocenters. The van der Waals surface area contributed by atoms with Gasteiger partial charge in [0.1, 0.15) is 0 Å². The second-order valence-electron chi connectivity index (χ2n) is 8.05. The van der Waals surface area contributed by atoms with Gasteiger partial charge in [-0.3, -0.25) is 9.79 Å². The van der Waals surface area contributed by atoms with Gasteiger partial charge in [-0.1, -0.05) is 48.9 Å². The second-order valence-corrected chi connectivity index (χ2v) is 8.05. The van der Waals surface area contributed by atoms with Gasteiger partial charge in [-0.15, -0.1) is 24.0 Å². The normalized spacial score (nSPS) is 21.9. The van der Waals surface area contributed by atoms with Crippen LogP contribution in [0.5, 0.6) is 0 Å². The highest BCUT2D eigenvalue weighted by molar-refractivity contribution is 14.0. The van der Waals surface area contributed by atoms with E-state index in [2.05, 4.69) is 63.4 Å². The van der Waals surface area contributed by atoms with Crippen molar-refractivity contribution in [1.82, 2.24) is 16.0 Å². The highest BCUT2D eigenvalue weighted by Gasteiger charge is 2.31. The summed E-state index contributed by atoms with van der Waals surface area (Å²) in [7, 11) is 1.80. The monoisotopic (exact) mass is 506 g/mol. The summed E-state index contributed by atoms with van der Waals surface area (Å²) in [4.78, 5) is 16.8. The third-order valence-corrected chi connectivity index (χ3v) is 5.86. The fraction of sp³-hybridized carbons (Fsp3) is 0.478. The minimum Gasteiger partial charge on any atom is -0.354 e. The van der Waals surface area contributed by atoms with Crippen molar-refractivity contribution in [3.05, 3.63) is 48.0 Å². The Balaban J connectivity index is 0.00000240. The maximum absolute atomic E-state index is 12.4. The molecule has 6 heteroatoms. The Morgan fingerprint density at radius 1 is 1.00 bits per heavy atom. The lowest BCUT2D eigenvalue weighted by Gasteiger charge is -2.30. The first kappa shape index (κ1) is 21.9. The third kappa shape index (κ3) is 5.84. The number of nitrogens with zero attached hydrogens (tertiary/aromatic N) is 1. The molecular formula is C23H31IN4O. The Labute approximate surface area is 190 Å². The van der Waals surface area contributed by atoms with Crippen LogP contribution in [0.4, 0.5) is 0 Å². The van der Waals surface area contributed by atoms with E-state index in [9.17, 15) is 4.79 Å². The Morgan fingerprint density at radius 3 is 2.59 bits per heavy atom. The number of hydrogen-bond acceptors (Lipinski definition) is 2. The average molecular weight is 506 g/mol. The predicted molar refractivity (Wildman–Crippen MR) is 130 cm³/mol. The number of amides is 1. The Bertz CT molecular complexity index is 860. The molecule has 0 spiro atoms. The van der Waals surface area contributed by atoms with Crippen LogP contribution in [0.2, 0.25) is 0 Å². The van der Waals surface area contributed by atoms with Crippen molar-refractivity contribution >= 4 is 46.6 Å². The summed E-state index contributed by atoms with van der Waals surface area (Å²) in [5.41, 5.74) is 1.26. The zero-order valence-electron chi connectivity index (χ0n) is 17.0. The first-order valence-electron chi connectivity index (χ1n) is 10.5. The summed E-state index contributed by atoms with van der Waals surface area (Å²) in [6, 6.07) is 15.6. The lowest BCUT2D eigenvalue weighted by Crippen LogP contribution is -2.47. The van der Waals surface area contributed by atoms with Gasteiger partial charge in [0.2, 0.25) is 5.91 Å². The van der Waals surface area contributed by atoms with Crippen LogP contribution in [0.25, 0.3) is 10.8 Å². The van der Waals surface area contributed by atoms with Crippen LogP contribution in [0.15, 0.2) is 47.5 Å². The lowest BCUT2D eigenvalue weighted by atomic mass is 9.85. The summed E-state index contributed by atoms with van der Waals surface area (Å²) in [5, 5.41) is 12.7. The van der Waals surface area contributed by atoms with Gasteiger partial charge in [-0.2, -0.15) is 0 Å². The number of carbonyl (C=O) groups excluding carboxylic acids is 1. The minimum atomic E-state index is 0. The number of hydrogen-bond donors (Lipinski definition) is 3. The summed E-state index contributed by atoms with van der Waals surface area (Å²) in [6.45, 7) is 0.722. The summed E-state index contributed by atoms with van der Waals surface area (Å²) < 4.78 is 0. The maximum atomic E-state index is 12.4. The van der Waals surface area contributed by atoms with E-state index in [0.29, 0.717) is 12.1 Å². The molecule has 0 radical (unpaired) electrons. The molecule has 3 N–H and O–H groups in total. The second kappa shape index (κ2) is 10.3. The Hall–Kier alpha value is -1.83. The molecule has 29 heavy (non-hydrogen) atoms. The molecule has 2 aliphatic rings. The zero-order chi connectivity index (χ0) is 19.3. The van der Waals surface area contributed by atoms with Gasteiger partial charge >= 0.3 is 0 Å². The van der Waals surface area contributed by atoms with Gasteiger partial charge in [0.05, 0.1) is 0 Å². The molecule has 2 fully saturated rings. The van der Waals surface area contributed by atoms with Gasteiger partial charge < -0.3 is 16.0 Å². The molecule has 4 rings (SSSR count). The Kier molecular flexibility index (Phi) is 7.75. The number of guanidine groups is 1. The molecule has 2 atom stereocenters. The SMILES string of the molecule is CN=C(NCc1cccc2ccccc12)NC1CCCC(C(=O)NC2CC2)C1.I. The minimum absolute atomic E-state index is 0. The molecule has 0 heterocycles. The number of rotatable bonds is 5. The van der Waals surface area contributed by atoms with Crippen LogP contribution in [0, 0.1) is 5.92 Å². The lowest BCUT2D eigenvalue weighted by molar-refractivity contribution is -0.126. The van der Waals surface area contributed by atoms with Crippen molar-refractivity contribution in [2.45, 2.75) is 57.2 Å². The van der Waals surface area contributed by atoms with Gasteiger partial charge in [-0.25, -0.2) is 0 Å². The summed E-state index contributed by atoms with van der Waals surface area (Å²) in [6.07, 6.45) is 6.34. The number of nitrogens with one attached hydrogen (secondary N) is 3. The first-order chi connectivity index (χ1) is 13.7. The van der Waals surface area contributed by atoms with Crippen molar-refractivity contribution in [3.63, 3.8) is 0 Å². The molecule has 5 nitrogen and oxygen atoms in total. The predicted octanol–water partition coefficient (Wildman–Crippen LogP) is 3.96. The topological polar surface area (TPSA) is 65.5 Å². The van der Waals surface area contributed by atoms with Crippen molar-refractivity contribution in [2.75, 3.05) is 7.05 Å². The van der Waals surface area contributed by atoms with Gasteiger partial charge in [0.25, 0.3) is 0 Å². The van der Waals surface area contributed by atoms with E-state index >= 15 is 0 Å². The van der Waals surface area contributed by atoms with E-state index in [0.717, 1.165) is 51.0 Å². The zero-order valence-corrected chi connectivity index (χ0v) is 19.3. The van der Waals surface area contributed by atoms with Gasteiger partial charge in [0.15, 0.2) is 5.96 Å². The van der Waals surface area contributed by atoms with Crippen molar-refractivity contribution < 1.29 is 4.79 Å². The Morgan fingerprint density at radius 2 is 1.79 bits per heavy atom. The molecule has 2 aromatic carbocycles. The largest absolute Gasteiger partial charge is 0.354 e. The molecule has 0 aliphatic heterocycles. The molecule has 2 aromatic rings. The maximum Gasteiger partial charge on any atom is 0.223 e. The van der Waals surface area contributed by atoms with Crippen molar-refractivity contribution in [3.8, 4) is 0 Å². The number of halogens is 1. The van der Waals surface area contributed by atoms with Crippen LogP contribution in [0.1, 0.15) is 44.1 Å². The van der Waals surface area contributed by atoms with Crippen LogP contribution < -0.4 is 16.0 Å². The molecule has 2 saturated carbocycles. The number of aliphatic imine (C=N–C) groups is 1. The number of carbonyl (C=O) groups is 1. The molecule has 0 saturated heterocycles. The average Bonchev–Trinajstić information content (AvgIpc) is 3.55. The quantitative estimate of drug-likeness (QED) is 0.327. The van der Waals surface area contributed by atoms with Crippen LogP contribution >= 0.6 is 24.0 Å². The van der Waals surface area contributed by atoms with E-state index < -0.39 is 0 Å². The van der Waals surface area contributed by atoms with E-state index in [1.54, 1.807) is 7.05 Å². The van der Waals surface area contributed by atoms with Crippen LogP contribution in [0.3, 0.4) is 0 Å².